The first-order valence-electron chi connectivity index (χ1n) is 9.19. The van der Waals surface area contributed by atoms with E-state index in [0.717, 1.165) is 5.56 Å². The summed E-state index contributed by atoms with van der Waals surface area (Å²) in [7, 11) is -3.78. The molecule has 1 aliphatic heterocycles. The van der Waals surface area contributed by atoms with Crippen molar-refractivity contribution in [2.75, 3.05) is 13.1 Å². The van der Waals surface area contributed by atoms with Gasteiger partial charge in [-0.2, -0.15) is 4.31 Å². The molecule has 2 aromatic rings. The van der Waals surface area contributed by atoms with Crippen molar-refractivity contribution >= 4 is 15.9 Å². The molecular formula is C19H24FN3O4S. The number of nitrogens with one attached hydrogen (secondary N) is 1. The molecular weight excluding hydrogens is 385 g/mol. The van der Waals surface area contributed by atoms with E-state index in [0.29, 0.717) is 25.1 Å². The maximum Gasteiger partial charge on any atom is 0.248 e. The van der Waals surface area contributed by atoms with E-state index in [1.807, 2.05) is 6.92 Å². The molecule has 2 atom stereocenters. The van der Waals surface area contributed by atoms with Gasteiger partial charge in [-0.15, -0.1) is 0 Å². The van der Waals surface area contributed by atoms with E-state index in [1.165, 1.54) is 16.4 Å². The normalized spacial score (nSPS) is 19.4. The Morgan fingerprint density at radius 3 is 2.61 bits per heavy atom. The highest BCUT2D eigenvalue weighted by Gasteiger charge is 2.36. The van der Waals surface area contributed by atoms with Crippen LogP contribution in [0.1, 0.15) is 42.8 Å². The number of hydrogen-bond acceptors (Lipinski definition) is 5. The molecule has 0 saturated carbocycles. The molecule has 1 fully saturated rings. The number of halogens is 1. The summed E-state index contributed by atoms with van der Waals surface area (Å²) in [6.45, 7) is 5.41. The fourth-order valence-electron chi connectivity index (χ4n) is 3.51. The van der Waals surface area contributed by atoms with E-state index in [1.54, 1.807) is 26.0 Å². The number of sulfonamides is 1. The van der Waals surface area contributed by atoms with Gasteiger partial charge in [0.05, 0.1) is 12.0 Å². The van der Waals surface area contributed by atoms with Gasteiger partial charge in [0.2, 0.25) is 15.9 Å². The van der Waals surface area contributed by atoms with Gasteiger partial charge in [-0.05, 0) is 51.3 Å². The topological polar surface area (TPSA) is 92.5 Å². The largest absolute Gasteiger partial charge is 0.360 e. The Morgan fingerprint density at radius 2 is 2.00 bits per heavy atom. The van der Waals surface area contributed by atoms with Crippen molar-refractivity contribution in [3.63, 3.8) is 0 Å². The molecule has 2 unspecified atom stereocenters. The number of amides is 1. The zero-order valence-corrected chi connectivity index (χ0v) is 16.9. The van der Waals surface area contributed by atoms with Gasteiger partial charge < -0.3 is 9.84 Å². The first kappa shape index (κ1) is 20.5. The van der Waals surface area contributed by atoms with E-state index in [4.69, 9.17) is 4.52 Å². The van der Waals surface area contributed by atoms with Crippen molar-refractivity contribution in [1.82, 2.24) is 14.8 Å². The average Bonchev–Trinajstić information content (AvgIpc) is 3.01. The monoisotopic (exact) mass is 409 g/mol. The van der Waals surface area contributed by atoms with Gasteiger partial charge in [-0.3, -0.25) is 4.79 Å². The summed E-state index contributed by atoms with van der Waals surface area (Å²) < 4.78 is 45.4. The highest BCUT2D eigenvalue weighted by atomic mass is 32.2. The minimum atomic E-state index is -3.78. The molecule has 1 aromatic heterocycles. The number of hydrogen-bond donors (Lipinski definition) is 1. The number of rotatable bonds is 5. The lowest BCUT2D eigenvalue weighted by molar-refractivity contribution is -0.126. The lowest BCUT2D eigenvalue weighted by atomic mass is 9.98. The highest BCUT2D eigenvalue weighted by molar-refractivity contribution is 7.89. The minimum absolute atomic E-state index is 0.0771. The van der Waals surface area contributed by atoms with Gasteiger partial charge in [0.1, 0.15) is 16.4 Å². The SMILES string of the molecule is Cc1noc(C)c1S(=O)(=O)N1CCCC(C(=O)NC(C)c2ccc(F)cc2)C1. The predicted molar refractivity (Wildman–Crippen MR) is 100 cm³/mol. The fraction of sp³-hybridized carbons (Fsp3) is 0.474. The summed E-state index contributed by atoms with van der Waals surface area (Å²) in [5.41, 5.74) is 1.10. The Kier molecular flexibility index (Phi) is 5.85. The minimum Gasteiger partial charge on any atom is -0.360 e. The summed E-state index contributed by atoms with van der Waals surface area (Å²) in [5.74, 6) is -0.758. The second kappa shape index (κ2) is 8.00. The number of nitrogens with zero attached hydrogens (tertiary/aromatic N) is 2. The third kappa shape index (κ3) is 4.10. The van der Waals surface area contributed by atoms with Crippen molar-refractivity contribution in [1.29, 1.82) is 0 Å². The van der Waals surface area contributed by atoms with Crippen LogP contribution in [0.15, 0.2) is 33.7 Å². The number of piperidine rings is 1. The summed E-state index contributed by atoms with van der Waals surface area (Å²) in [6.07, 6.45) is 1.20. The van der Waals surface area contributed by atoms with Crippen LogP contribution in [0.2, 0.25) is 0 Å². The van der Waals surface area contributed by atoms with Gasteiger partial charge in [0, 0.05) is 13.1 Å². The van der Waals surface area contributed by atoms with Crippen LogP contribution in [-0.2, 0) is 14.8 Å². The van der Waals surface area contributed by atoms with Crippen LogP contribution in [0, 0.1) is 25.6 Å². The van der Waals surface area contributed by atoms with Gasteiger partial charge in [0.25, 0.3) is 0 Å². The zero-order valence-electron chi connectivity index (χ0n) is 16.1. The molecule has 0 radical (unpaired) electrons. The Balaban J connectivity index is 1.70. The Labute approximate surface area is 163 Å². The summed E-state index contributed by atoms with van der Waals surface area (Å²) >= 11 is 0. The standard InChI is InChI=1S/C19H24FN3O4S/c1-12(15-6-8-17(20)9-7-15)21-19(24)16-5-4-10-23(11-16)28(25,26)18-13(2)22-27-14(18)3/h6-9,12,16H,4-5,10-11H2,1-3H3,(H,21,24). The summed E-state index contributed by atoms with van der Waals surface area (Å²) in [4.78, 5) is 12.8. The second-order valence-corrected chi connectivity index (χ2v) is 9.01. The molecule has 1 aliphatic rings. The molecule has 0 spiro atoms. The van der Waals surface area contributed by atoms with Gasteiger partial charge in [0.15, 0.2) is 5.76 Å². The van der Waals surface area contributed by atoms with E-state index >= 15 is 0 Å². The van der Waals surface area contributed by atoms with E-state index < -0.39 is 15.9 Å². The van der Waals surface area contributed by atoms with Crippen LogP contribution >= 0.6 is 0 Å². The van der Waals surface area contributed by atoms with Crippen LogP contribution in [0.25, 0.3) is 0 Å². The number of benzene rings is 1. The zero-order chi connectivity index (χ0) is 20.5. The van der Waals surface area contributed by atoms with E-state index in [2.05, 4.69) is 10.5 Å². The fourth-order valence-corrected chi connectivity index (χ4v) is 5.33. The lowest BCUT2D eigenvalue weighted by Crippen LogP contribution is -2.46. The maximum absolute atomic E-state index is 13.1. The van der Waals surface area contributed by atoms with Gasteiger partial charge in [-0.25, -0.2) is 12.8 Å². The van der Waals surface area contributed by atoms with Crippen molar-refractivity contribution in [3.8, 4) is 0 Å². The van der Waals surface area contributed by atoms with Crippen LogP contribution in [0.4, 0.5) is 4.39 Å². The Bertz CT molecular complexity index is 937. The second-order valence-electron chi connectivity index (χ2n) is 7.14. The van der Waals surface area contributed by atoms with Crippen LogP contribution in [-0.4, -0.2) is 36.9 Å². The molecule has 1 aromatic carbocycles. The molecule has 28 heavy (non-hydrogen) atoms. The number of aryl methyl sites for hydroxylation is 2. The number of carbonyl (C=O) groups is 1. The van der Waals surface area contributed by atoms with E-state index in [9.17, 15) is 17.6 Å². The molecule has 9 heteroatoms. The number of aromatic nitrogens is 1. The van der Waals surface area contributed by atoms with E-state index in [-0.39, 0.29) is 35.0 Å². The molecule has 2 heterocycles. The quantitative estimate of drug-likeness (QED) is 0.820. The molecule has 1 N–H and O–H groups in total. The van der Waals surface area contributed by atoms with Crippen LogP contribution < -0.4 is 5.32 Å². The van der Waals surface area contributed by atoms with Crippen LogP contribution in [0.5, 0.6) is 0 Å². The summed E-state index contributed by atoms with van der Waals surface area (Å²) in [6, 6.07) is 5.63. The predicted octanol–water partition coefficient (Wildman–Crippen LogP) is 2.71. The molecule has 0 bridgehead atoms. The molecule has 7 nitrogen and oxygen atoms in total. The lowest BCUT2D eigenvalue weighted by Gasteiger charge is -2.31. The third-order valence-electron chi connectivity index (χ3n) is 5.05. The smallest absolute Gasteiger partial charge is 0.248 e. The molecule has 1 amide bonds. The van der Waals surface area contributed by atoms with Crippen molar-refractivity contribution in [2.45, 2.75) is 44.6 Å². The first-order valence-corrected chi connectivity index (χ1v) is 10.6. The maximum atomic E-state index is 13.1. The summed E-state index contributed by atoms with van der Waals surface area (Å²) in [5, 5.41) is 6.62. The van der Waals surface area contributed by atoms with Gasteiger partial charge >= 0.3 is 0 Å². The van der Waals surface area contributed by atoms with Crippen molar-refractivity contribution in [2.24, 2.45) is 5.92 Å². The van der Waals surface area contributed by atoms with Crippen molar-refractivity contribution in [3.05, 3.63) is 47.1 Å². The molecule has 1 saturated heterocycles. The third-order valence-corrected chi connectivity index (χ3v) is 7.16. The van der Waals surface area contributed by atoms with Crippen LogP contribution in [0.3, 0.4) is 0 Å². The first-order chi connectivity index (χ1) is 13.2. The van der Waals surface area contributed by atoms with Gasteiger partial charge in [-0.1, -0.05) is 17.3 Å². The Hall–Kier alpha value is -2.26. The number of carbonyl (C=O) groups excluding carboxylic acids is 1. The highest BCUT2D eigenvalue weighted by Crippen LogP contribution is 2.28. The Morgan fingerprint density at radius 1 is 1.32 bits per heavy atom. The van der Waals surface area contributed by atoms with Crippen molar-refractivity contribution < 1.29 is 22.1 Å². The average molecular weight is 409 g/mol. The molecule has 3 rings (SSSR count). The molecule has 0 aliphatic carbocycles. The molecule has 152 valence electrons.